The molecule has 3 aromatic rings. The lowest BCUT2D eigenvalue weighted by Gasteiger charge is -2.19. The van der Waals surface area contributed by atoms with Crippen LogP contribution in [0.5, 0.6) is 5.75 Å². The van der Waals surface area contributed by atoms with Gasteiger partial charge in [0.05, 0.1) is 16.3 Å². The molecule has 10 heteroatoms. The van der Waals surface area contributed by atoms with Gasteiger partial charge in [-0.3, -0.25) is 9.52 Å². The molecule has 2 N–H and O–H groups in total. The summed E-state index contributed by atoms with van der Waals surface area (Å²) >= 11 is 0. The van der Waals surface area contributed by atoms with E-state index in [1.807, 2.05) is 0 Å². The summed E-state index contributed by atoms with van der Waals surface area (Å²) in [6.45, 7) is 3.39. The summed E-state index contributed by atoms with van der Waals surface area (Å²) in [6.07, 6.45) is 0. The van der Waals surface area contributed by atoms with Crippen LogP contribution in [0.3, 0.4) is 0 Å². The summed E-state index contributed by atoms with van der Waals surface area (Å²) < 4.78 is 38.5. The van der Waals surface area contributed by atoms with Gasteiger partial charge in [-0.2, -0.15) is 4.98 Å². The molecule has 0 aliphatic carbocycles. The number of hydrogen-bond acceptors (Lipinski definition) is 7. The monoisotopic (exact) mass is 400 g/mol. The molecule has 1 aliphatic rings. The lowest BCUT2D eigenvalue weighted by molar-refractivity contribution is -0.118. The predicted molar refractivity (Wildman–Crippen MR) is 101 cm³/mol. The number of hydrogen-bond donors (Lipinski definition) is 2. The Morgan fingerprint density at radius 1 is 1.14 bits per heavy atom. The lowest BCUT2D eigenvalue weighted by Crippen LogP contribution is -2.25. The Morgan fingerprint density at radius 3 is 2.68 bits per heavy atom. The van der Waals surface area contributed by atoms with E-state index < -0.39 is 10.0 Å². The van der Waals surface area contributed by atoms with Crippen LogP contribution in [-0.2, 0) is 14.8 Å². The number of carbonyl (C=O) groups excluding carboxylic acids is 1. The SMILES string of the molecule is Cc1noc(-c2ccc(NS(=O)(=O)c3ccc4c(c3)NC(=O)CO4)c(C)c2)n1. The first-order chi connectivity index (χ1) is 13.3. The zero-order valence-electron chi connectivity index (χ0n) is 15.0. The minimum absolute atomic E-state index is 0.00746. The number of amides is 1. The van der Waals surface area contributed by atoms with Crippen molar-refractivity contribution < 1.29 is 22.5 Å². The standard InChI is InChI=1S/C18H16N4O5S/c1-10-7-12(18-19-11(2)21-27-18)3-5-14(10)22-28(24,25)13-4-6-16-15(8-13)20-17(23)9-26-16/h3-8,22H,9H2,1-2H3,(H,20,23). The number of rotatable bonds is 4. The van der Waals surface area contributed by atoms with Gasteiger partial charge in [0, 0.05) is 5.56 Å². The van der Waals surface area contributed by atoms with E-state index in [-0.39, 0.29) is 17.4 Å². The van der Waals surface area contributed by atoms with Crippen LogP contribution in [0.4, 0.5) is 11.4 Å². The van der Waals surface area contributed by atoms with Gasteiger partial charge in [-0.1, -0.05) is 5.16 Å². The minimum atomic E-state index is -3.87. The average molecular weight is 400 g/mol. The molecule has 2 heterocycles. The number of fused-ring (bicyclic) bond motifs is 1. The maximum Gasteiger partial charge on any atom is 0.262 e. The van der Waals surface area contributed by atoms with Crippen molar-refractivity contribution in [3.63, 3.8) is 0 Å². The molecule has 0 unspecified atom stereocenters. The van der Waals surface area contributed by atoms with Crippen molar-refractivity contribution in [3.05, 3.63) is 47.8 Å². The third-order valence-electron chi connectivity index (χ3n) is 4.14. The number of nitrogens with one attached hydrogen (secondary N) is 2. The Hall–Kier alpha value is -3.40. The molecule has 0 radical (unpaired) electrons. The molecule has 0 bridgehead atoms. The topological polar surface area (TPSA) is 123 Å². The zero-order chi connectivity index (χ0) is 19.9. The number of nitrogens with zero attached hydrogens (tertiary/aromatic N) is 2. The Labute approximate surface area is 160 Å². The number of carbonyl (C=O) groups is 1. The van der Waals surface area contributed by atoms with E-state index in [0.717, 1.165) is 0 Å². The molecular formula is C18H16N4O5S. The second kappa shape index (κ2) is 6.64. The van der Waals surface area contributed by atoms with Crippen molar-refractivity contribution in [1.29, 1.82) is 0 Å². The molecule has 0 saturated heterocycles. The molecule has 0 fully saturated rings. The molecule has 1 aromatic heterocycles. The highest BCUT2D eigenvalue weighted by Crippen LogP contribution is 2.31. The van der Waals surface area contributed by atoms with E-state index in [4.69, 9.17) is 9.26 Å². The number of sulfonamides is 1. The van der Waals surface area contributed by atoms with Crippen LogP contribution in [-0.4, -0.2) is 31.1 Å². The fourth-order valence-electron chi connectivity index (χ4n) is 2.76. The number of aromatic nitrogens is 2. The Morgan fingerprint density at radius 2 is 1.96 bits per heavy atom. The van der Waals surface area contributed by atoms with E-state index in [2.05, 4.69) is 20.2 Å². The molecule has 0 saturated carbocycles. The van der Waals surface area contributed by atoms with Crippen molar-refractivity contribution in [2.45, 2.75) is 18.7 Å². The van der Waals surface area contributed by atoms with Crippen LogP contribution >= 0.6 is 0 Å². The Bertz CT molecular complexity index is 1190. The van der Waals surface area contributed by atoms with Crippen LogP contribution in [0.25, 0.3) is 11.5 Å². The van der Waals surface area contributed by atoms with E-state index >= 15 is 0 Å². The summed E-state index contributed by atoms with van der Waals surface area (Å²) in [4.78, 5) is 15.6. The van der Waals surface area contributed by atoms with E-state index in [1.54, 1.807) is 32.0 Å². The highest BCUT2D eigenvalue weighted by Gasteiger charge is 2.21. The Kier molecular flexibility index (Phi) is 4.27. The first-order valence-electron chi connectivity index (χ1n) is 8.33. The van der Waals surface area contributed by atoms with Gasteiger partial charge in [0.2, 0.25) is 0 Å². The highest BCUT2D eigenvalue weighted by molar-refractivity contribution is 7.92. The van der Waals surface area contributed by atoms with Crippen molar-refractivity contribution in [2.24, 2.45) is 0 Å². The van der Waals surface area contributed by atoms with Crippen molar-refractivity contribution in [3.8, 4) is 17.2 Å². The van der Waals surface area contributed by atoms with E-state index in [9.17, 15) is 13.2 Å². The second-order valence-corrected chi connectivity index (χ2v) is 7.96. The second-order valence-electron chi connectivity index (χ2n) is 6.28. The van der Waals surface area contributed by atoms with Gasteiger partial charge in [0.25, 0.3) is 21.8 Å². The number of anilines is 2. The van der Waals surface area contributed by atoms with Gasteiger partial charge in [-0.05, 0) is 55.8 Å². The molecule has 2 aromatic carbocycles. The van der Waals surface area contributed by atoms with Gasteiger partial charge >= 0.3 is 0 Å². The molecule has 144 valence electrons. The number of ether oxygens (including phenoxy) is 1. The number of aryl methyl sites for hydroxylation is 2. The van der Waals surface area contributed by atoms with Gasteiger partial charge in [-0.25, -0.2) is 8.42 Å². The minimum Gasteiger partial charge on any atom is -0.482 e. The summed E-state index contributed by atoms with van der Waals surface area (Å²) in [6, 6.07) is 9.37. The first kappa shape index (κ1) is 18.0. The van der Waals surface area contributed by atoms with Crippen LogP contribution in [0, 0.1) is 13.8 Å². The molecule has 1 aliphatic heterocycles. The zero-order valence-corrected chi connectivity index (χ0v) is 15.8. The molecular weight excluding hydrogens is 384 g/mol. The van der Waals surface area contributed by atoms with Gasteiger partial charge in [0.15, 0.2) is 12.4 Å². The molecule has 0 spiro atoms. The van der Waals surface area contributed by atoms with Crippen LogP contribution in [0.1, 0.15) is 11.4 Å². The van der Waals surface area contributed by atoms with Crippen LogP contribution in [0.15, 0.2) is 45.8 Å². The van der Waals surface area contributed by atoms with Crippen molar-refractivity contribution >= 4 is 27.3 Å². The summed E-state index contributed by atoms with van der Waals surface area (Å²) in [5, 5.41) is 6.34. The smallest absolute Gasteiger partial charge is 0.262 e. The van der Waals surface area contributed by atoms with Crippen LogP contribution in [0.2, 0.25) is 0 Å². The van der Waals surface area contributed by atoms with Gasteiger partial charge in [0.1, 0.15) is 5.75 Å². The quantitative estimate of drug-likeness (QED) is 0.689. The average Bonchev–Trinajstić information content (AvgIpc) is 3.09. The maximum atomic E-state index is 12.8. The highest BCUT2D eigenvalue weighted by atomic mass is 32.2. The van der Waals surface area contributed by atoms with E-state index in [0.29, 0.717) is 40.0 Å². The molecule has 4 rings (SSSR count). The third kappa shape index (κ3) is 3.41. The van der Waals surface area contributed by atoms with Crippen molar-refractivity contribution in [2.75, 3.05) is 16.6 Å². The molecule has 9 nitrogen and oxygen atoms in total. The third-order valence-corrected chi connectivity index (χ3v) is 5.50. The summed E-state index contributed by atoms with van der Waals surface area (Å²) in [7, 11) is -3.87. The normalized spacial score (nSPS) is 13.4. The van der Waals surface area contributed by atoms with Gasteiger partial charge in [-0.15, -0.1) is 0 Å². The first-order valence-corrected chi connectivity index (χ1v) is 9.81. The van der Waals surface area contributed by atoms with Crippen molar-refractivity contribution in [1.82, 2.24) is 10.1 Å². The Balaban J connectivity index is 1.61. The van der Waals surface area contributed by atoms with E-state index in [1.165, 1.54) is 18.2 Å². The maximum absolute atomic E-state index is 12.8. The largest absolute Gasteiger partial charge is 0.482 e. The fourth-order valence-corrected chi connectivity index (χ4v) is 3.92. The van der Waals surface area contributed by atoms with Gasteiger partial charge < -0.3 is 14.6 Å². The lowest BCUT2D eigenvalue weighted by atomic mass is 10.1. The fraction of sp³-hybridized carbons (Fsp3) is 0.167. The number of benzene rings is 2. The molecule has 1 amide bonds. The predicted octanol–water partition coefficient (Wildman–Crippen LogP) is 2.49. The van der Waals surface area contributed by atoms with Crippen LogP contribution < -0.4 is 14.8 Å². The molecule has 0 atom stereocenters. The summed E-state index contributed by atoms with van der Waals surface area (Å²) in [5.74, 6) is 0.966. The summed E-state index contributed by atoms with van der Waals surface area (Å²) in [5.41, 5.74) is 2.11. The molecule has 28 heavy (non-hydrogen) atoms.